The summed E-state index contributed by atoms with van der Waals surface area (Å²) in [6.07, 6.45) is 6.50. The number of carboxylic acids is 1. The van der Waals surface area contributed by atoms with Crippen LogP contribution in [0.4, 0.5) is 17.1 Å². The highest BCUT2D eigenvalue weighted by Gasteiger charge is 2.53. The lowest BCUT2D eigenvalue weighted by atomic mass is 9.76. The Labute approximate surface area is 325 Å². The van der Waals surface area contributed by atoms with Crippen molar-refractivity contribution in [2.75, 3.05) is 60.6 Å². The summed E-state index contributed by atoms with van der Waals surface area (Å²) >= 11 is 0. The number of carboxylic acid groups (broad SMARTS) is 1. The molecular weight excluding hydrogens is 715 g/mol. The highest BCUT2D eigenvalue weighted by Crippen LogP contribution is 2.44. The summed E-state index contributed by atoms with van der Waals surface area (Å²) in [6, 6.07) is 20.0. The fraction of sp³-hybridized carbons (Fsp3) is 0.372. The van der Waals surface area contributed by atoms with Gasteiger partial charge in [-0.2, -0.15) is 0 Å². The number of ketones is 1. The van der Waals surface area contributed by atoms with Gasteiger partial charge >= 0.3 is 5.97 Å². The summed E-state index contributed by atoms with van der Waals surface area (Å²) in [7, 11) is 0. The molecule has 8 rings (SSSR count). The summed E-state index contributed by atoms with van der Waals surface area (Å²) in [5, 5.41) is 9.26. The van der Waals surface area contributed by atoms with Crippen molar-refractivity contribution in [3.05, 3.63) is 95.8 Å². The Morgan fingerprint density at radius 3 is 2.25 bits per heavy atom. The lowest BCUT2D eigenvalue weighted by molar-refractivity contribution is -0.139. The summed E-state index contributed by atoms with van der Waals surface area (Å²) in [5.74, 6) is -0.331. The molecule has 1 N–H and O–H groups in total. The van der Waals surface area contributed by atoms with Gasteiger partial charge in [0.1, 0.15) is 17.1 Å². The molecule has 1 aromatic heterocycles. The van der Waals surface area contributed by atoms with Crippen molar-refractivity contribution < 1.29 is 38.5 Å². The fourth-order valence-electron chi connectivity index (χ4n) is 8.15. The van der Waals surface area contributed by atoms with Crippen LogP contribution in [-0.4, -0.2) is 90.5 Å². The van der Waals surface area contributed by atoms with Crippen LogP contribution in [0.25, 0.3) is 0 Å². The molecule has 3 aliphatic heterocycles. The molecule has 0 radical (unpaired) electrons. The number of aromatic carboxylic acids is 1. The number of aromatic nitrogens is 1. The van der Waals surface area contributed by atoms with E-state index in [-0.39, 0.29) is 18.0 Å². The third-order valence-electron chi connectivity index (χ3n) is 11.3. The second-order valence-corrected chi connectivity index (χ2v) is 14.7. The molecule has 13 heteroatoms. The maximum absolute atomic E-state index is 14.2. The Morgan fingerprint density at radius 1 is 0.839 bits per heavy atom. The zero-order chi connectivity index (χ0) is 39.0. The molecule has 4 aromatic rings. The number of para-hydroxylation sites is 2. The predicted octanol–water partition coefficient (Wildman–Crippen LogP) is 6.20. The van der Waals surface area contributed by atoms with Crippen LogP contribution in [0.15, 0.2) is 79.1 Å². The molecule has 56 heavy (non-hydrogen) atoms. The van der Waals surface area contributed by atoms with Crippen molar-refractivity contribution in [2.24, 2.45) is 5.41 Å². The van der Waals surface area contributed by atoms with Gasteiger partial charge in [-0.05, 0) is 101 Å². The molecule has 0 bridgehead atoms. The number of likely N-dealkylation sites (tertiary alicyclic amines) is 1. The van der Waals surface area contributed by atoms with Gasteiger partial charge in [0.05, 0.1) is 35.6 Å². The van der Waals surface area contributed by atoms with Crippen LogP contribution >= 0.6 is 0 Å². The zero-order valence-electron chi connectivity index (χ0n) is 31.6. The molecule has 3 aromatic carbocycles. The number of ether oxygens (including phenoxy) is 3. The Balaban J connectivity index is 0.996. The summed E-state index contributed by atoms with van der Waals surface area (Å²) in [5.41, 5.74) is 2.98. The van der Waals surface area contributed by atoms with Gasteiger partial charge in [-0.3, -0.25) is 24.3 Å². The Morgan fingerprint density at radius 2 is 1.55 bits per heavy atom. The van der Waals surface area contributed by atoms with Crippen LogP contribution in [0.2, 0.25) is 0 Å². The van der Waals surface area contributed by atoms with Crippen LogP contribution < -0.4 is 28.9 Å². The molecule has 290 valence electrons. The van der Waals surface area contributed by atoms with E-state index in [1.54, 1.807) is 36.7 Å². The van der Waals surface area contributed by atoms with Gasteiger partial charge in [-0.1, -0.05) is 12.1 Å². The molecule has 4 aliphatic rings. The maximum atomic E-state index is 14.2. The van der Waals surface area contributed by atoms with Crippen molar-refractivity contribution in [3.63, 3.8) is 0 Å². The molecule has 0 atom stereocenters. The average molecular weight is 760 g/mol. The number of piperidine rings is 1. The first-order chi connectivity index (χ1) is 27.2. The second-order valence-electron chi connectivity index (χ2n) is 14.7. The van der Waals surface area contributed by atoms with E-state index < -0.39 is 23.1 Å². The number of carbonyl (C=O) groups is 4. The topological polar surface area (TPSA) is 142 Å². The van der Waals surface area contributed by atoms with Crippen LogP contribution in [0.1, 0.15) is 65.8 Å². The monoisotopic (exact) mass is 759 g/mol. The lowest BCUT2D eigenvalue weighted by Crippen LogP contribution is -2.45. The zero-order valence-corrected chi connectivity index (χ0v) is 31.6. The Hall–Kier alpha value is -5.95. The molecule has 1 saturated carbocycles. The first-order valence-electron chi connectivity index (χ1n) is 19.3. The number of hydrogen-bond acceptors (Lipinski definition) is 10. The van der Waals surface area contributed by atoms with Crippen molar-refractivity contribution in [1.82, 2.24) is 9.88 Å². The van der Waals surface area contributed by atoms with Crippen LogP contribution in [-0.2, 0) is 16.1 Å². The van der Waals surface area contributed by atoms with Crippen molar-refractivity contribution in [3.8, 4) is 23.0 Å². The highest BCUT2D eigenvalue weighted by atomic mass is 16.5. The molecule has 0 unspecified atom stereocenters. The molecule has 3 fully saturated rings. The summed E-state index contributed by atoms with van der Waals surface area (Å²) in [4.78, 5) is 64.3. The quantitative estimate of drug-likeness (QED) is 0.165. The van der Waals surface area contributed by atoms with E-state index in [0.29, 0.717) is 92.5 Å². The van der Waals surface area contributed by atoms with Crippen molar-refractivity contribution in [2.45, 2.75) is 52.1 Å². The first kappa shape index (κ1) is 37.0. The number of hydrogen-bond donors (Lipinski definition) is 1. The second kappa shape index (κ2) is 15.3. The smallest absolute Gasteiger partial charge is 0.335 e. The SMILES string of the molecule is CCOc1cc(Oc2ccncc2C(=O)N2CCN(C3CC3)c3ccccc32)c(OCC)cc1CN1CCC2(CC1)CN(c1ccc(C(=O)O)cc1)C(=O)C2=O. The van der Waals surface area contributed by atoms with Crippen LogP contribution in [0.3, 0.4) is 0 Å². The van der Waals surface area contributed by atoms with Gasteiger partial charge in [0.2, 0.25) is 5.78 Å². The minimum atomic E-state index is -1.05. The molecule has 1 aliphatic carbocycles. The van der Waals surface area contributed by atoms with Crippen LogP contribution in [0.5, 0.6) is 23.0 Å². The minimum Gasteiger partial charge on any atom is -0.493 e. The van der Waals surface area contributed by atoms with Crippen molar-refractivity contribution in [1.29, 1.82) is 0 Å². The number of nitrogens with zero attached hydrogens (tertiary/aromatic N) is 5. The number of fused-ring (bicyclic) bond motifs is 1. The third kappa shape index (κ3) is 7.03. The molecule has 2 amide bonds. The van der Waals surface area contributed by atoms with E-state index in [0.717, 1.165) is 23.5 Å². The number of Topliss-reactive ketones (excluding diaryl/α,β-unsaturated/α-hetero) is 1. The lowest BCUT2D eigenvalue weighted by Gasteiger charge is -2.38. The standard InChI is InChI=1S/C43H45N5O8/c1-3-54-36-24-38(56-35-15-18-44-25-32(35)40(50)47-22-21-46(30-13-14-30)33-7-5-6-8-34(33)47)37(55-4-2)23-29(36)26-45-19-16-43(17-20-45)27-48(41(51)39(43)49)31-11-9-28(10-12-31)42(52)53/h5-12,15,18,23-25,30H,3-4,13-14,16-17,19-22,26-27H2,1-2H3,(H,52,53). The van der Waals surface area contributed by atoms with Gasteiger partial charge < -0.3 is 34.0 Å². The maximum Gasteiger partial charge on any atom is 0.335 e. The molecule has 1 spiro atoms. The van der Waals surface area contributed by atoms with Crippen LogP contribution in [0, 0.1) is 5.41 Å². The molecule has 13 nitrogen and oxygen atoms in total. The largest absolute Gasteiger partial charge is 0.493 e. The van der Waals surface area contributed by atoms with E-state index in [2.05, 4.69) is 20.9 Å². The molecule has 4 heterocycles. The van der Waals surface area contributed by atoms with E-state index >= 15 is 0 Å². The van der Waals surface area contributed by atoms with E-state index in [4.69, 9.17) is 14.2 Å². The number of anilines is 3. The van der Waals surface area contributed by atoms with E-state index in [9.17, 15) is 24.3 Å². The third-order valence-corrected chi connectivity index (χ3v) is 11.3. The van der Waals surface area contributed by atoms with Gasteiger partial charge in [0.15, 0.2) is 11.5 Å². The van der Waals surface area contributed by atoms with Gasteiger partial charge in [-0.25, -0.2) is 4.79 Å². The predicted molar refractivity (Wildman–Crippen MR) is 209 cm³/mol. The Bertz CT molecular complexity index is 2160. The molecule has 2 saturated heterocycles. The normalized spacial score (nSPS) is 17.9. The summed E-state index contributed by atoms with van der Waals surface area (Å²) < 4.78 is 18.8. The van der Waals surface area contributed by atoms with E-state index in [1.807, 2.05) is 43.0 Å². The number of carbonyl (C=O) groups excluding carboxylic acids is 3. The Kier molecular flexibility index (Phi) is 10.1. The number of amides is 2. The average Bonchev–Trinajstić information content (AvgIpc) is 4.04. The number of benzene rings is 3. The summed E-state index contributed by atoms with van der Waals surface area (Å²) in [6.45, 7) is 7.85. The van der Waals surface area contributed by atoms with Gasteiger partial charge in [0.25, 0.3) is 11.8 Å². The van der Waals surface area contributed by atoms with Gasteiger partial charge in [0, 0.05) is 61.9 Å². The van der Waals surface area contributed by atoms with E-state index in [1.165, 1.54) is 29.9 Å². The fourth-order valence-corrected chi connectivity index (χ4v) is 8.15. The number of rotatable bonds is 12. The van der Waals surface area contributed by atoms with Gasteiger partial charge in [-0.15, -0.1) is 0 Å². The first-order valence-corrected chi connectivity index (χ1v) is 19.3. The molecular formula is C43H45N5O8. The highest BCUT2D eigenvalue weighted by molar-refractivity contribution is 6.45. The van der Waals surface area contributed by atoms with Crippen molar-refractivity contribution >= 4 is 40.6 Å². The minimum absolute atomic E-state index is 0.116. The number of pyridine rings is 1.